The Bertz CT molecular complexity index is 727. The Morgan fingerprint density at radius 3 is 2.72 bits per heavy atom. The van der Waals surface area contributed by atoms with Gasteiger partial charge in [-0.3, -0.25) is 0 Å². The third kappa shape index (κ3) is 4.56. The van der Waals surface area contributed by atoms with Gasteiger partial charge in [-0.1, -0.05) is 12.8 Å². The van der Waals surface area contributed by atoms with Gasteiger partial charge in [0.1, 0.15) is 12.4 Å². The Balaban J connectivity index is 1.73. The molecule has 25 heavy (non-hydrogen) atoms. The molecule has 2 aromatic rings. The highest BCUT2D eigenvalue weighted by Gasteiger charge is 2.19. The summed E-state index contributed by atoms with van der Waals surface area (Å²) in [4.78, 5) is 11.5. The quantitative estimate of drug-likeness (QED) is 0.654. The molecule has 136 valence electrons. The molecule has 1 aliphatic rings. The summed E-state index contributed by atoms with van der Waals surface area (Å²) in [6, 6.07) is 0.514. The number of aromatic nitrogens is 4. The number of thiazole rings is 1. The molecule has 2 heterocycles. The van der Waals surface area contributed by atoms with Gasteiger partial charge in [0.15, 0.2) is 11.8 Å². The number of aryl methyl sites for hydroxylation is 2. The van der Waals surface area contributed by atoms with E-state index in [0.717, 1.165) is 34.9 Å². The smallest absolute Gasteiger partial charge is 0.194 e. The average Bonchev–Trinajstić information content (AvgIpc) is 3.30. The van der Waals surface area contributed by atoms with Crippen LogP contribution in [-0.2, 0) is 20.1 Å². The van der Waals surface area contributed by atoms with Crippen LogP contribution in [0.2, 0.25) is 0 Å². The van der Waals surface area contributed by atoms with Gasteiger partial charge in [-0.2, -0.15) is 0 Å². The first-order chi connectivity index (χ1) is 12.0. The van der Waals surface area contributed by atoms with Crippen molar-refractivity contribution in [3.63, 3.8) is 0 Å². The van der Waals surface area contributed by atoms with Crippen molar-refractivity contribution in [1.29, 1.82) is 0 Å². The zero-order chi connectivity index (χ0) is 17.8. The summed E-state index contributed by atoms with van der Waals surface area (Å²) < 4.78 is 1.99. The zero-order valence-electron chi connectivity index (χ0n) is 15.5. The maximum atomic E-state index is 4.82. The largest absolute Gasteiger partial charge is 0.353 e. The molecule has 0 aromatic carbocycles. The predicted molar refractivity (Wildman–Crippen MR) is 101 cm³/mol. The van der Waals surface area contributed by atoms with Crippen molar-refractivity contribution in [2.24, 2.45) is 12.0 Å². The molecule has 1 saturated carbocycles. The lowest BCUT2D eigenvalue weighted by molar-refractivity contribution is 0.451. The highest BCUT2D eigenvalue weighted by atomic mass is 32.1. The molecule has 0 amide bonds. The van der Waals surface area contributed by atoms with Crippen molar-refractivity contribution in [1.82, 2.24) is 30.0 Å². The van der Waals surface area contributed by atoms with Crippen LogP contribution >= 0.6 is 11.3 Å². The Hall–Kier alpha value is -1.96. The number of hydrogen-bond donors (Lipinski definition) is 1. The molecule has 0 aliphatic heterocycles. The standard InChI is InChI=1S/C17H27N7S/c1-12-21-22-16(24(12)4)9-18-17(20-14-7-5-6-8-14)23(3)10-15-11-25-13(2)19-15/h11,14H,5-10H2,1-4H3,(H,18,20). The fraction of sp³-hybridized carbons (Fsp3) is 0.647. The molecule has 0 unspecified atom stereocenters. The van der Waals surface area contributed by atoms with Gasteiger partial charge in [0, 0.05) is 25.5 Å². The van der Waals surface area contributed by atoms with Crippen LogP contribution in [0.1, 0.15) is 48.0 Å². The van der Waals surface area contributed by atoms with Gasteiger partial charge >= 0.3 is 0 Å². The van der Waals surface area contributed by atoms with Crippen molar-refractivity contribution in [3.8, 4) is 0 Å². The van der Waals surface area contributed by atoms with Gasteiger partial charge in [-0.25, -0.2) is 9.98 Å². The lowest BCUT2D eigenvalue weighted by Crippen LogP contribution is -2.43. The Labute approximate surface area is 153 Å². The lowest BCUT2D eigenvalue weighted by atomic mass is 10.2. The first-order valence-corrected chi connectivity index (χ1v) is 9.69. The Morgan fingerprint density at radius 2 is 2.12 bits per heavy atom. The predicted octanol–water partition coefficient (Wildman–Crippen LogP) is 2.41. The topological polar surface area (TPSA) is 71.2 Å². The number of hydrogen-bond acceptors (Lipinski definition) is 5. The Morgan fingerprint density at radius 1 is 1.36 bits per heavy atom. The highest BCUT2D eigenvalue weighted by Crippen LogP contribution is 2.18. The van der Waals surface area contributed by atoms with Gasteiger partial charge < -0.3 is 14.8 Å². The molecule has 1 N–H and O–H groups in total. The fourth-order valence-electron chi connectivity index (χ4n) is 3.06. The van der Waals surface area contributed by atoms with E-state index in [1.807, 2.05) is 25.5 Å². The van der Waals surface area contributed by atoms with E-state index >= 15 is 0 Å². The van der Waals surface area contributed by atoms with Crippen LogP contribution in [0.5, 0.6) is 0 Å². The second-order valence-corrected chi connectivity index (χ2v) is 7.76. The van der Waals surface area contributed by atoms with E-state index in [0.29, 0.717) is 12.6 Å². The normalized spacial score (nSPS) is 15.8. The van der Waals surface area contributed by atoms with Gasteiger partial charge in [-0.15, -0.1) is 21.5 Å². The molecule has 8 heteroatoms. The lowest BCUT2D eigenvalue weighted by Gasteiger charge is -2.24. The van der Waals surface area contributed by atoms with Crippen LogP contribution in [0.3, 0.4) is 0 Å². The summed E-state index contributed by atoms with van der Waals surface area (Å²) in [6.45, 7) is 5.26. The molecule has 0 atom stereocenters. The van der Waals surface area contributed by atoms with Crippen LogP contribution in [0.4, 0.5) is 0 Å². The second-order valence-electron chi connectivity index (χ2n) is 6.70. The van der Waals surface area contributed by atoms with E-state index in [1.165, 1.54) is 25.7 Å². The monoisotopic (exact) mass is 361 g/mol. The molecule has 7 nitrogen and oxygen atoms in total. The molecule has 0 bridgehead atoms. The summed E-state index contributed by atoms with van der Waals surface area (Å²) in [6.07, 6.45) is 5.02. The van der Waals surface area contributed by atoms with Crippen LogP contribution in [0.15, 0.2) is 10.4 Å². The molecule has 0 radical (unpaired) electrons. The fourth-order valence-corrected chi connectivity index (χ4v) is 3.67. The van der Waals surface area contributed by atoms with E-state index in [4.69, 9.17) is 4.99 Å². The third-order valence-electron chi connectivity index (χ3n) is 4.67. The zero-order valence-corrected chi connectivity index (χ0v) is 16.3. The van der Waals surface area contributed by atoms with Crippen molar-refractivity contribution in [3.05, 3.63) is 27.7 Å². The minimum Gasteiger partial charge on any atom is -0.353 e. The maximum Gasteiger partial charge on any atom is 0.194 e. The number of guanidine groups is 1. The van der Waals surface area contributed by atoms with Crippen LogP contribution in [-0.4, -0.2) is 43.7 Å². The van der Waals surface area contributed by atoms with Gasteiger partial charge in [-0.05, 0) is 26.7 Å². The van der Waals surface area contributed by atoms with E-state index in [9.17, 15) is 0 Å². The summed E-state index contributed by atoms with van der Waals surface area (Å²) in [5.41, 5.74) is 1.08. The molecular formula is C17H27N7S. The second kappa shape index (κ2) is 7.95. The van der Waals surface area contributed by atoms with Crippen molar-refractivity contribution in [2.75, 3.05) is 7.05 Å². The third-order valence-corrected chi connectivity index (χ3v) is 5.49. The summed E-state index contributed by atoms with van der Waals surface area (Å²) >= 11 is 1.69. The number of rotatable bonds is 5. The summed E-state index contributed by atoms with van der Waals surface area (Å²) in [7, 11) is 4.05. The van der Waals surface area contributed by atoms with Crippen LogP contribution < -0.4 is 5.32 Å². The van der Waals surface area contributed by atoms with Crippen LogP contribution in [0.25, 0.3) is 0 Å². The molecule has 1 fully saturated rings. The van der Waals surface area contributed by atoms with E-state index in [1.54, 1.807) is 11.3 Å². The number of aliphatic imine (C=N–C) groups is 1. The van der Waals surface area contributed by atoms with E-state index < -0.39 is 0 Å². The summed E-state index contributed by atoms with van der Waals surface area (Å²) in [5, 5.41) is 15.2. The molecule has 0 saturated heterocycles. The van der Waals surface area contributed by atoms with Gasteiger partial charge in [0.05, 0.1) is 17.2 Å². The highest BCUT2D eigenvalue weighted by molar-refractivity contribution is 7.09. The van der Waals surface area contributed by atoms with Crippen molar-refractivity contribution in [2.45, 2.75) is 58.7 Å². The summed E-state index contributed by atoms with van der Waals surface area (Å²) in [5.74, 6) is 2.70. The molecular weight excluding hydrogens is 334 g/mol. The van der Waals surface area contributed by atoms with Crippen molar-refractivity contribution >= 4 is 17.3 Å². The number of nitrogens with one attached hydrogen (secondary N) is 1. The molecule has 0 spiro atoms. The average molecular weight is 362 g/mol. The SMILES string of the molecule is Cc1nc(CN(C)C(=NCc2nnc(C)n2C)NC2CCCC2)cs1. The first-order valence-electron chi connectivity index (χ1n) is 8.81. The van der Waals surface area contributed by atoms with Gasteiger partial charge in [0.2, 0.25) is 0 Å². The minimum absolute atomic E-state index is 0.514. The molecule has 1 aliphatic carbocycles. The Kier molecular flexibility index (Phi) is 5.67. The minimum atomic E-state index is 0.514. The maximum absolute atomic E-state index is 4.82. The van der Waals surface area contributed by atoms with Gasteiger partial charge in [0.25, 0.3) is 0 Å². The van der Waals surface area contributed by atoms with Crippen LogP contribution in [0, 0.1) is 13.8 Å². The van der Waals surface area contributed by atoms with E-state index in [-0.39, 0.29) is 0 Å². The molecule has 3 rings (SSSR count). The molecule has 2 aromatic heterocycles. The first kappa shape index (κ1) is 17.8. The van der Waals surface area contributed by atoms with E-state index in [2.05, 4.69) is 37.8 Å². The van der Waals surface area contributed by atoms with Crippen molar-refractivity contribution < 1.29 is 0 Å². The number of nitrogens with zero attached hydrogens (tertiary/aromatic N) is 6.